The maximum absolute atomic E-state index is 13.4. The van der Waals surface area contributed by atoms with Gasteiger partial charge in [-0.3, -0.25) is 0 Å². The molecule has 2 amide bonds. The number of anilines is 1. The van der Waals surface area contributed by atoms with E-state index in [4.69, 9.17) is 16.3 Å². The van der Waals surface area contributed by atoms with Crippen molar-refractivity contribution in [3.05, 3.63) is 29.0 Å². The van der Waals surface area contributed by atoms with Gasteiger partial charge in [-0.05, 0) is 24.1 Å². The quantitative estimate of drug-likeness (QED) is 0.724. The normalized spacial score (nSPS) is 12.3. The predicted octanol–water partition coefficient (Wildman–Crippen LogP) is 2.63. The van der Waals surface area contributed by atoms with Gasteiger partial charge in [0.05, 0.1) is 18.4 Å². The van der Waals surface area contributed by atoms with E-state index in [0.717, 1.165) is 6.07 Å². The van der Waals surface area contributed by atoms with Gasteiger partial charge in [0.15, 0.2) is 0 Å². The lowest BCUT2D eigenvalue weighted by Crippen LogP contribution is -2.37. The van der Waals surface area contributed by atoms with E-state index in [-0.39, 0.29) is 18.8 Å². The highest BCUT2D eigenvalue weighted by Gasteiger charge is 2.10. The first-order chi connectivity index (χ1) is 9.88. The number of aliphatic hydroxyl groups excluding tert-OH is 1. The van der Waals surface area contributed by atoms with Crippen molar-refractivity contribution < 1.29 is 19.0 Å². The summed E-state index contributed by atoms with van der Waals surface area (Å²) in [5.41, 5.74) is -0.0226. The largest absolute Gasteiger partial charge is 0.389 e. The Morgan fingerprint density at radius 2 is 2.14 bits per heavy atom. The van der Waals surface area contributed by atoms with E-state index in [1.807, 2.05) is 13.8 Å². The van der Waals surface area contributed by atoms with Crippen LogP contribution in [0, 0.1) is 11.7 Å². The van der Waals surface area contributed by atoms with Crippen molar-refractivity contribution in [2.75, 3.05) is 25.1 Å². The third kappa shape index (κ3) is 7.27. The van der Waals surface area contributed by atoms with E-state index in [0.29, 0.717) is 17.5 Å². The fourth-order valence-corrected chi connectivity index (χ4v) is 1.64. The molecule has 0 radical (unpaired) electrons. The smallest absolute Gasteiger partial charge is 0.319 e. The summed E-state index contributed by atoms with van der Waals surface area (Å²) in [5, 5.41) is 14.7. The van der Waals surface area contributed by atoms with E-state index in [1.165, 1.54) is 12.1 Å². The number of carbonyl (C=O) groups excluding carboxylic acids is 1. The van der Waals surface area contributed by atoms with Crippen LogP contribution in [0.25, 0.3) is 0 Å². The number of halogens is 2. The number of benzene rings is 1. The zero-order chi connectivity index (χ0) is 15.8. The number of hydrogen-bond donors (Lipinski definition) is 3. The Morgan fingerprint density at radius 3 is 2.81 bits per heavy atom. The van der Waals surface area contributed by atoms with Crippen LogP contribution in [0.15, 0.2) is 18.2 Å². The van der Waals surface area contributed by atoms with Crippen LogP contribution in [0.5, 0.6) is 0 Å². The third-order valence-electron chi connectivity index (χ3n) is 2.44. The fraction of sp³-hybridized carbons (Fsp3) is 0.500. The molecule has 7 heteroatoms. The summed E-state index contributed by atoms with van der Waals surface area (Å²) in [6.45, 7) is 4.67. The molecular formula is C14H20ClFN2O3. The monoisotopic (exact) mass is 318 g/mol. The van der Waals surface area contributed by atoms with Gasteiger partial charge >= 0.3 is 6.03 Å². The van der Waals surface area contributed by atoms with E-state index in [1.54, 1.807) is 0 Å². The molecule has 0 fully saturated rings. The van der Waals surface area contributed by atoms with E-state index in [9.17, 15) is 14.3 Å². The summed E-state index contributed by atoms with van der Waals surface area (Å²) >= 11 is 5.72. The number of carbonyl (C=O) groups is 1. The van der Waals surface area contributed by atoms with Crippen LogP contribution < -0.4 is 10.6 Å². The molecule has 1 unspecified atom stereocenters. The maximum Gasteiger partial charge on any atom is 0.319 e. The molecular weight excluding hydrogens is 299 g/mol. The second kappa shape index (κ2) is 8.81. The van der Waals surface area contributed by atoms with E-state index in [2.05, 4.69) is 10.6 Å². The second-order valence-electron chi connectivity index (χ2n) is 5.04. The van der Waals surface area contributed by atoms with Crippen molar-refractivity contribution in [3.8, 4) is 0 Å². The van der Waals surface area contributed by atoms with Gasteiger partial charge in [0.2, 0.25) is 0 Å². The van der Waals surface area contributed by atoms with Gasteiger partial charge < -0.3 is 20.5 Å². The SMILES string of the molecule is CC(C)COCC(O)CNC(=O)Nc1cc(Cl)ccc1F. The van der Waals surface area contributed by atoms with Crippen LogP contribution in [0.2, 0.25) is 5.02 Å². The molecule has 0 saturated carbocycles. The number of rotatable bonds is 7. The molecule has 1 aromatic rings. The first-order valence-electron chi connectivity index (χ1n) is 6.64. The van der Waals surface area contributed by atoms with Gasteiger partial charge in [0.25, 0.3) is 0 Å². The van der Waals surface area contributed by atoms with Crippen LogP contribution in [0.4, 0.5) is 14.9 Å². The fourth-order valence-electron chi connectivity index (χ4n) is 1.47. The number of hydrogen-bond acceptors (Lipinski definition) is 3. The number of ether oxygens (including phenoxy) is 1. The van der Waals surface area contributed by atoms with Crippen molar-refractivity contribution in [3.63, 3.8) is 0 Å². The first kappa shape index (κ1) is 17.7. The van der Waals surface area contributed by atoms with Crippen LogP contribution in [0.3, 0.4) is 0 Å². The van der Waals surface area contributed by atoms with E-state index < -0.39 is 18.0 Å². The van der Waals surface area contributed by atoms with Gasteiger partial charge in [-0.2, -0.15) is 0 Å². The number of aliphatic hydroxyl groups is 1. The van der Waals surface area contributed by atoms with Gasteiger partial charge in [-0.15, -0.1) is 0 Å². The zero-order valence-corrected chi connectivity index (χ0v) is 12.8. The minimum Gasteiger partial charge on any atom is -0.389 e. The summed E-state index contributed by atoms with van der Waals surface area (Å²) < 4.78 is 18.6. The Morgan fingerprint density at radius 1 is 1.43 bits per heavy atom. The van der Waals surface area contributed by atoms with Crippen molar-refractivity contribution >= 4 is 23.3 Å². The molecule has 0 saturated heterocycles. The second-order valence-corrected chi connectivity index (χ2v) is 5.48. The lowest BCUT2D eigenvalue weighted by molar-refractivity contribution is 0.0274. The summed E-state index contributed by atoms with van der Waals surface area (Å²) in [6, 6.07) is 3.22. The van der Waals surface area contributed by atoms with Crippen LogP contribution in [-0.4, -0.2) is 37.0 Å². The molecule has 0 bridgehead atoms. The highest BCUT2D eigenvalue weighted by Crippen LogP contribution is 2.19. The zero-order valence-electron chi connectivity index (χ0n) is 12.0. The summed E-state index contributed by atoms with van der Waals surface area (Å²) in [4.78, 5) is 11.6. The Labute approximate surface area is 128 Å². The molecule has 3 N–H and O–H groups in total. The minimum atomic E-state index is -0.821. The molecule has 1 aromatic carbocycles. The van der Waals surface area contributed by atoms with Gasteiger partial charge in [0.1, 0.15) is 5.82 Å². The molecule has 1 atom stereocenters. The Balaban J connectivity index is 2.32. The Hall–Kier alpha value is -1.37. The predicted molar refractivity (Wildman–Crippen MR) is 80.1 cm³/mol. The van der Waals surface area contributed by atoms with E-state index >= 15 is 0 Å². The highest BCUT2D eigenvalue weighted by molar-refractivity contribution is 6.30. The molecule has 0 aliphatic carbocycles. The third-order valence-corrected chi connectivity index (χ3v) is 2.67. The van der Waals surface area contributed by atoms with Crippen molar-refractivity contribution in [1.29, 1.82) is 0 Å². The van der Waals surface area contributed by atoms with Crippen LogP contribution in [-0.2, 0) is 4.74 Å². The van der Waals surface area contributed by atoms with Crippen molar-refractivity contribution in [2.45, 2.75) is 20.0 Å². The minimum absolute atomic E-state index is 0.00606. The first-order valence-corrected chi connectivity index (χ1v) is 7.02. The molecule has 0 aliphatic heterocycles. The number of nitrogens with one attached hydrogen (secondary N) is 2. The number of amides is 2. The summed E-state index contributed by atoms with van der Waals surface area (Å²) in [6.07, 6.45) is -0.821. The van der Waals surface area contributed by atoms with Gasteiger partial charge in [0, 0.05) is 18.2 Å². The molecule has 0 heterocycles. The topological polar surface area (TPSA) is 70.6 Å². The lowest BCUT2D eigenvalue weighted by atomic mass is 10.2. The average Bonchev–Trinajstić information content (AvgIpc) is 2.40. The Kier molecular flexibility index (Phi) is 7.42. The Bertz CT molecular complexity index is 472. The summed E-state index contributed by atoms with van der Waals surface area (Å²) in [7, 11) is 0. The molecule has 0 spiro atoms. The molecule has 0 aromatic heterocycles. The van der Waals surface area contributed by atoms with Crippen molar-refractivity contribution in [2.24, 2.45) is 5.92 Å². The maximum atomic E-state index is 13.4. The summed E-state index contributed by atoms with van der Waals surface area (Å²) in [5.74, 6) is -0.213. The van der Waals surface area contributed by atoms with Crippen LogP contribution >= 0.6 is 11.6 Å². The van der Waals surface area contributed by atoms with Crippen LogP contribution in [0.1, 0.15) is 13.8 Å². The molecule has 5 nitrogen and oxygen atoms in total. The average molecular weight is 319 g/mol. The molecule has 118 valence electrons. The molecule has 1 rings (SSSR count). The molecule has 0 aliphatic rings. The van der Waals surface area contributed by atoms with Gasteiger partial charge in [-0.1, -0.05) is 25.4 Å². The molecule has 21 heavy (non-hydrogen) atoms. The number of urea groups is 1. The standard InChI is InChI=1S/C14H20ClFN2O3/c1-9(2)7-21-8-11(19)6-17-14(20)18-13-5-10(15)3-4-12(13)16/h3-5,9,11,19H,6-8H2,1-2H3,(H2,17,18,20). The van der Waals surface area contributed by atoms with Gasteiger partial charge in [-0.25, -0.2) is 9.18 Å². The lowest BCUT2D eigenvalue weighted by Gasteiger charge is -2.14. The van der Waals surface area contributed by atoms with Crippen molar-refractivity contribution in [1.82, 2.24) is 5.32 Å². The highest BCUT2D eigenvalue weighted by atomic mass is 35.5.